The van der Waals surface area contributed by atoms with Gasteiger partial charge in [-0.25, -0.2) is 0 Å². The van der Waals surface area contributed by atoms with Crippen LogP contribution in [0.4, 0.5) is 0 Å². The van der Waals surface area contributed by atoms with Crippen LogP contribution in [0.3, 0.4) is 0 Å². The van der Waals surface area contributed by atoms with Gasteiger partial charge in [-0.3, -0.25) is 0 Å². The normalized spacial score (nSPS) is 42.5. The molecule has 2 aliphatic carbocycles. The van der Waals surface area contributed by atoms with Gasteiger partial charge in [-0.1, -0.05) is 20.3 Å². The summed E-state index contributed by atoms with van der Waals surface area (Å²) >= 11 is 0. The van der Waals surface area contributed by atoms with Gasteiger partial charge in [-0.2, -0.15) is 0 Å². The summed E-state index contributed by atoms with van der Waals surface area (Å²) in [5, 5.41) is 3.61. The Morgan fingerprint density at radius 3 is 2.64 bits per heavy atom. The second-order valence-corrected chi connectivity index (χ2v) is 4.59. The minimum Gasteiger partial charge on any atom is -0.314 e. The Balaban J connectivity index is 1.65. The average molecular weight is 153 g/mol. The standard InChI is InChI=1S/C10H19N/c1-3-10(2)6-8(10)7-11-9-4-5-9/h8-9,11H,3-7H2,1-2H3. The molecule has 2 fully saturated rings. The summed E-state index contributed by atoms with van der Waals surface area (Å²) in [5.74, 6) is 0.994. The predicted octanol–water partition coefficient (Wildman–Crippen LogP) is 2.17. The molecule has 0 bridgehead atoms. The maximum Gasteiger partial charge on any atom is 0.00683 e. The second kappa shape index (κ2) is 2.48. The lowest BCUT2D eigenvalue weighted by molar-refractivity contribution is 0.463. The van der Waals surface area contributed by atoms with Gasteiger partial charge in [0.15, 0.2) is 0 Å². The molecule has 0 radical (unpaired) electrons. The zero-order valence-corrected chi connectivity index (χ0v) is 7.69. The summed E-state index contributed by atoms with van der Waals surface area (Å²) in [4.78, 5) is 0. The van der Waals surface area contributed by atoms with Crippen molar-refractivity contribution in [1.29, 1.82) is 0 Å². The first-order valence-corrected chi connectivity index (χ1v) is 4.98. The van der Waals surface area contributed by atoms with Crippen LogP contribution in [-0.2, 0) is 0 Å². The van der Waals surface area contributed by atoms with Gasteiger partial charge in [-0.05, 0) is 37.1 Å². The monoisotopic (exact) mass is 153 g/mol. The van der Waals surface area contributed by atoms with Crippen LogP contribution in [0.15, 0.2) is 0 Å². The van der Waals surface area contributed by atoms with E-state index in [4.69, 9.17) is 0 Å². The van der Waals surface area contributed by atoms with Crippen LogP contribution in [0.25, 0.3) is 0 Å². The Hall–Kier alpha value is -0.0400. The SMILES string of the molecule is CCC1(C)CC1CNC1CC1. The van der Waals surface area contributed by atoms with E-state index in [1.165, 1.54) is 32.2 Å². The molecule has 0 spiro atoms. The lowest BCUT2D eigenvalue weighted by Gasteiger charge is -2.07. The van der Waals surface area contributed by atoms with Crippen molar-refractivity contribution < 1.29 is 0 Å². The quantitative estimate of drug-likeness (QED) is 0.652. The molecule has 1 N–H and O–H groups in total. The fourth-order valence-corrected chi connectivity index (χ4v) is 1.85. The molecule has 0 aromatic heterocycles. The highest BCUT2D eigenvalue weighted by Crippen LogP contribution is 2.54. The van der Waals surface area contributed by atoms with Crippen LogP contribution in [0.1, 0.15) is 39.5 Å². The van der Waals surface area contributed by atoms with Crippen molar-refractivity contribution in [3.8, 4) is 0 Å². The number of hydrogen-bond donors (Lipinski definition) is 1. The summed E-state index contributed by atoms with van der Waals surface area (Å²) in [6, 6.07) is 0.900. The lowest BCUT2D eigenvalue weighted by Crippen LogP contribution is -2.20. The van der Waals surface area contributed by atoms with Crippen LogP contribution in [-0.4, -0.2) is 12.6 Å². The van der Waals surface area contributed by atoms with Gasteiger partial charge in [0, 0.05) is 6.04 Å². The maximum absolute atomic E-state index is 3.61. The molecular formula is C10H19N. The minimum atomic E-state index is 0.710. The molecule has 0 saturated heterocycles. The third-order valence-electron chi connectivity index (χ3n) is 3.58. The van der Waals surface area contributed by atoms with Gasteiger partial charge in [-0.15, -0.1) is 0 Å². The van der Waals surface area contributed by atoms with Crippen molar-refractivity contribution in [1.82, 2.24) is 5.32 Å². The summed E-state index contributed by atoms with van der Waals surface area (Å²) in [6.07, 6.45) is 5.68. The van der Waals surface area contributed by atoms with Crippen molar-refractivity contribution in [2.75, 3.05) is 6.54 Å². The van der Waals surface area contributed by atoms with E-state index in [0.29, 0.717) is 5.41 Å². The van der Waals surface area contributed by atoms with Crippen LogP contribution < -0.4 is 5.32 Å². The molecule has 11 heavy (non-hydrogen) atoms. The minimum absolute atomic E-state index is 0.710. The molecule has 0 aliphatic heterocycles. The predicted molar refractivity (Wildman–Crippen MR) is 47.5 cm³/mol. The average Bonchev–Trinajstić information content (AvgIpc) is 2.83. The molecule has 64 valence electrons. The Morgan fingerprint density at radius 2 is 2.18 bits per heavy atom. The van der Waals surface area contributed by atoms with E-state index in [1.807, 2.05) is 0 Å². The van der Waals surface area contributed by atoms with E-state index in [9.17, 15) is 0 Å². The summed E-state index contributed by atoms with van der Waals surface area (Å²) in [6.45, 7) is 6.03. The molecule has 2 saturated carbocycles. The van der Waals surface area contributed by atoms with Crippen molar-refractivity contribution >= 4 is 0 Å². The first-order valence-electron chi connectivity index (χ1n) is 4.98. The van der Waals surface area contributed by atoms with Gasteiger partial charge >= 0.3 is 0 Å². The highest BCUT2D eigenvalue weighted by atomic mass is 15.0. The van der Waals surface area contributed by atoms with Crippen LogP contribution in [0.5, 0.6) is 0 Å². The number of rotatable bonds is 4. The van der Waals surface area contributed by atoms with Crippen molar-refractivity contribution in [2.45, 2.75) is 45.6 Å². The summed E-state index contributed by atoms with van der Waals surface area (Å²) in [5.41, 5.74) is 0.710. The Labute approximate surface area is 69.6 Å². The second-order valence-electron chi connectivity index (χ2n) is 4.59. The first-order chi connectivity index (χ1) is 5.24. The zero-order valence-electron chi connectivity index (χ0n) is 7.69. The molecule has 2 aliphatic rings. The van der Waals surface area contributed by atoms with Crippen molar-refractivity contribution in [3.05, 3.63) is 0 Å². The molecule has 2 atom stereocenters. The lowest BCUT2D eigenvalue weighted by atomic mass is 10.0. The smallest absolute Gasteiger partial charge is 0.00683 e. The van der Waals surface area contributed by atoms with Crippen LogP contribution in [0, 0.1) is 11.3 Å². The fourth-order valence-electron chi connectivity index (χ4n) is 1.85. The largest absolute Gasteiger partial charge is 0.314 e. The van der Waals surface area contributed by atoms with Gasteiger partial charge in [0.1, 0.15) is 0 Å². The maximum atomic E-state index is 3.61. The van der Waals surface area contributed by atoms with Gasteiger partial charge in [0.05, 0.1) is 0 Å². The van der Waals surface area contributed by atoms with E-state index < -0.39 is 0 Å². The Bertz CT molecular complexity index is 151. The molecule has 0 amide bonds. The molecule has 1 nitrogen and oxygen atoms in total. The highest BCUT2D eigenvalue weighted by molar-refractivity contribution is 4.99. The van der Waals surface area contributed by atoms with Crippen molar-refractivity contribution in [3.63, 3.8) is 0 Å². The molecule has 0 heterocycles. The van der Waals surface area contributed by atoms with E-state index in [0.717, 1.165) is 12.0 Å². The van der Waals surface area contributed by atoms with E-state index in [1.54, 1.807) is 0 Å². The topological polar surface area (TPSA) is 12.0 Å². The van der Waals surface area contributed by atoms with Gasteiger partial charge < -0.3 is 5.32 Å². The molecule has 1 heteroatoms. The zero-order chi connectivity index (χ0) is 7.90. The fraction of sp³-hybridized carbons (Fsp3) is 1.00. The highest BCUT2D eigenvalue weighted by Gasteiger charge is 2.47. The Morgan fingerprint density at radius 1 is 1.45 bits per heavy atom. The van der Waals surface area contributed by atoms with E-state index in [-0.39, 0.29) is 0 Å². The molecule has 2 unspecified atom stereocenters. The van der Waals surface area contributed by atoms with Crippen LogP contribution in [0.2, 0.25) is 0 Å². The molecule has 0 aromatic carbocycles. The summed E-state index contributed by atoms with van der Waals surface area (Å²) < 4.78 is 0. The Kier molecular flexibility index (Phi) is 1.71. The van der Waals surface area contributed by atoms with Crippen LogP contribution >= 0.6 is 0 Å². The first kappa shape index (κ1) is 7.60. The molecule has 2 rings (SSSR count). The third-order valence-corrected chi connectivity index (χ3v) is 3.58. The molecular weight excluding hydrogens is 134 g/mol. The van der Waals surface area contributed by atoms with E-state index in [2.05, 4.69) is 19.2 Å². The number of hydrogen-bond acceptors (Lipinski definition) is 1. The molecule has 0 aromatic rings. The van der Waals surface area contributed by atoms with E-state index >= 15 is 0 Å². The number of nitrogens with one attached hydrogen (secondary N) is 1. The summed E-state index contributed by atoms with van der Waals surface area (Å²) in [7, 11) is 0. The van der Waals surface area contributed by atoms with Gasteiger partial charge in [0.25, 0.3) is 0 Å². The van der Waals surface area contributed by atoms with Gasteiger partial charge in [0.2, 0.25) is 0 Å². The third kappa shape index (κ3) is 1.58. The van der Waals surface area contributed by atoms with Crippen molar-refractivity contribution in [2.24, 2.45) is 11.3 Å².